The zero-order chi connectivity index (χ0) is 10.1. The van der Waals surface area contributed by atoms with Crippen LogP contribution in [0.4, 0.5) is 0 Å². The minimum Gasteiger partial charge on any atom is -0.245 e. The molecule has 0 aliphatic rings. The number of hydrogen-bond donors (Lipinski definition) is 0. The highest BCUT2D eigenvalue weighted by Crippen LogP contribution is 2.39. The molecule has 0 unspecified atom stereocenters. The molecule has 1 rings (SSSR count). The zero-order valence-corrected chi connectivity index (χ0v) is 9.66. The maximum Gasteiger partial charge on any atom is 0.234 e. The molecule has 1 heterocycles. The lowest BCUT2D eigenvalue weighted by molar-refractivity contribution is 0.558. The Morgan fingerprint density at radius 3 is 2.46 bits per heavy atom. The smallest absolute Gasteiger partial charge is 0.234 e. The van der Waals surface area contributed by atoms with Gasteiger partial charge in [-0.1, -0.05) is 46.9 Å². The first kappa shape index (κ1) is 11.1. The quantitative estimate of drug-likeness (QED) is 0.747. The Morgan fingerprint density at radius 1 is 1.38 bits per heavy atom. The molecule has 0 aromatic carbocycles. The molecule has 1 aromatic rings. The summed E-state index contributed by atoms with van der Waals surface area (Å²) in [5.41, 5.74) is 1.22. The van der Waals surface area contributed by atoms with Gasteiger partial charge in [0.1, 0.15) is 5.69 Å². The normalized spacial score (nSPS) is 12.1. The SMILES string of the molecule is CCCn1nnc(C)c1C(Cl)(Cl)Cl. The first-order chi connectivity index (χ1) is 5.96. The van der Waals surface area contributed by atoms with E-state index < -0.39 is 3.79 Å². The van der Waals surface area contributed by atoms with Crippen LogP contribution in [-0.4, -0.2) is 15.0 Å². The predicted molar refractivity (Wildman–Crippen MR) is 54.3 cm³/mol. The summed E-state index contributed by atoms with van der Waals surface area (Å²) in [5.74, 6) is 0. The maximum absolute atomic E-state index is 5.78. The first-order valence-electron chi connectivity index (χ1n) is 3.94. The second-order valence-corrected chi connectivity index (χ2v) is 5.03. The van der Waals surface area contributed by atoms with E-state index in [1.807, 2.05) is 6.92 Å². The molecule has 0 fully saturated rings. The number of nitrogens with zero attached hydrogens (tertiary/aromatic N) is 3. The molecule has 0 spiro atoms. The summed E-state index contributed by atoms with van der Waals surface area (Å²) in [4.78, 5) is 0. The molecular weight excluding hydrogens is 232 g/mol. The van der Waals surface area contributed by atoms with E-state index >= 15 is 0 Å². The van der Waals surface area contributed by atoms with Gasteiger partial charge in [0.2, 0.25) is 3.79 Å². The summed E-state index contributed by atoms with van der Waals surface area (Å²) in [7, 11) is 0. The summed E-state index contributed by atoms with van der Waals surface area (Å²) < 4.78 is 0.186. The number of hydrogen-bond acceptors (Lipinski definition) is 2. The fourth-order valence-corrected chi connectivity index (χ4v) is 1.82. The molecule has 0 atom stereocenters. The molecule has 1 aromatic heterocycles. The van der Waals surface area contributed by atoms with Crippen molar-refractivity contribution in [3.8, 4) is 0 Å². The van der Waals surface area contributed by atoms with Crippen LogP contribution in [0.5, 0.6) is 0 Å². The third-order valence-corrected chi connectivity index (χ3v) is 2.14. The van der Waals surface area contributed by atoms with E-state index in [4.69, 9.17) is 34.8 Å². The summed E-state index contributed by atoms with van der Waals surface area (Å²) in [6.45, 7) is 4.51. The molecule has 6 heteroatoms. The fraction of sp³-hybridized carbons (Fsp3) is 0.714. The van der Waals surface area contributed by atoms with E-state index in [1.54, 1.807) is 11.6 Å². The molecule has 3 nitrogen and oxygen atoms in total. The Balaban J connectivity index is 3.09. The Morgan fingerprint density at radius 2 is 2.00 bits per heavy atom. The third-order valence-electron chi connectivity index (χ3n) is 1.61. The van der Waals surface area contributed by atoms with Crippen molar-refractivity contribution >= 4 is 34.8 Å². The zero-order valence-electron chi connectivity index (χ0n) is 7.39. The molecule has 0 bridgehead atoms. The van der Waals surface area contributed by atoms with E-state index in [0.717, 1.165) is 6.42 Å². The van der Waals surface area contributed by atoms with Crippen LogP contribution in [0.2, 0.25) is 0 Å². The van der Waals surface area contributed by atoms with E-state index in [9.17, 15) is 0 Å². The monoisotopic (exact) mass is 241 g/mol. The summed E-state index contributed by atoms with van der Waals surface area (Å²) in [6, 6.07) is 0. The molecular formula is C7H10Cl3N3. The van der Waals surface area contributed by atoms with Gasteiger partial charge in [-0.15, -0.1) is 5.10 Å². The van der Waals surface area contributed by atoms with Crippen molar-refractivity contribution in [1.29, 1.82) is 0 Å². The third kappa shape index (κ3) is 2.48. The van der Waals surface area contributed by atoms with Crippen LogP contribution >= 0.6 is 34.8 Å². The number of aryl methyl sites for hydroxylation is 2. The molecule has 0 radical (unpaired) electrons. The number of rotatable bonds is 2. The lowest BCUT2D eigenvalue weighted by Gasteiger charge is -2.12. The van der Waals surface area contributed by atoms with Crippen molar-refractivity contribution in [2.75, 3.05) is 0 Å². The molecule has 0 aliphatic carbocycles. The summed E-state index contributed by atoms with van der Waals surface area (Å²) >= 11 is 17.3. The van der Waals surface area contributed by atoms with Crippen LogP contribution in [-0.2, 0) is 10.3 Å². The maximum atomic E-state index is 5.78. The van der Waals surface area contributed by atoms with E-state index in [0.29, 0.717) is 17.9 Å². The van der Waals surface area contributed by atoms with E-state index in [-0.39, 0.29) is 0 Å². The highest BCUT2D eigenvalue weighted by atomic mass is 35.6. The van der Waals surface area contributed by atoms with Gasteiger partial charge < -0.3 is 0 Å². The molecule has 0 saturated carbocycles. The van der Waals surface area contributed by atoms with Crippen LogP contribution in [0.25, 0.3) is 0 Å². The average Bonchev–Trinajstić information content (AvgIpc) is 2.31. The van der Waals surface area contributed by atoms with Crippen molar-refractivity contribution in [3.05, 3.63) is 11.4 Å². The lowest BCUT2D eigenvalue weighted by Crippen LogP contribution is -2.12. The van der Waals surface area contributed by atoms with Gasteiger partial charge in [-0.25, -0.2) is 4.68 Å². The van der Waals surface area contributed by atoms with Crippen molar-refractivity contribution in [2.24, 2.45) is 0 Å². The van der Waals surface area contributed by atoms with Gasteiger partial charge in [0.25, 0.3) is 0 Å². The van der Waals surface area contributed by atoms with Gasteiger partial charge in [-0.05, 0) is 13.3 Å². The van der Waals surface area contributed by atoms with E-state index in [1.165, 1.54) is 0 Å². The van der Waals surface area contributed by atoms with Crippen molar-refractivity contribution in [2.45, 2.75) is 30.6 Å². The topological polar surface area (TPSA) is 30.7 Å². The number of alkyl halides is 3. The predicted octanol–water partition coefficient (Wildman–Crippen LogP) is 2.82. The summed E-state index contributed by atoms with van der Waals surface area (Å²) in [5, 5.41) is 7.75. The van der Waals surface area contributed by atoms with Crippen LogP contribution < -0.4 is 0 Å². The Kier molecular flexibility index (Phi) is 3.44. The van der Waals surface area contributed by atoms with Gasteiger partial charge in [0.05, 0.1) is 5.69 Å². The Bertz CT molecular complexity index is 290. The first-order valence-corrected chi connectivity index (χ1v) is 5.07. The average molecular weight is 243 g/mol. The molecule has 0 aliphatic heterocycles. The lowest BCUT2D eigenvalue weighted by atomic mass is 10.3. The van der Waals surface area contributed by atoms with Crippen LogP contribution in [0.15, 0.2) is 0 Å². The van der Waals surface area contributed by atoms with Crippen LogP contribution in [0.1, 0.15) is 24.7 Å². The molecule has 0 amide bonds. The molecule has 13 heavy (non-hydrogen) atoms. The largest absolute Gasteiger partial charge is 0.245 e. The Labute approximate surface area is 92.0 Å². The number of aromatic nitrogens is 3. The minimum atomic E-state index is -1.44. The minimum absolute atomic E-state index is 0.555. The van der Waals surface area contributed by atoms with Gasteiger partial charge in [-0.3, -0.25) is 0 Å². The van der Waals surface area contributed by atoms with Crippen LogP contribution in [0, 0.1) is 6.92 Å². The Hall–Kier alpha value is 0.01000. The molecule has 0 N–H and O–H groups in total. The van der Waals surface area contributed by atoms with Gasteiger partial charge in [0, 0.05) is 6.54 Å². The van der Waals surface area contributed by atoms with Gasteiger partial charge >= 0.3 is 0 Å². The fourth-order valence-electron chi connectivity index (χ4n) is 1.12. The highest BCUT2D eigenvalue weighted by molar-refractivity contribution is 6.66. The second kappa shape index (κ2) is 4.03. The van der Waals surface area contributed by atoms with Crippen molar-refractivity contribution in [1.82, 2.24) is 15.0 Å². The second-order valence-electron chi connectivity index (χ2n) is 2.74. The molecule has 74 valence electrons. The van der Waals surface area contributed by atoms with Crippen LogP contribution in [0.3, 0.4) is 0 Å². The number of halogens is 3. The highest BCUT2D eigenvalue weighted by Gasteiger charge is 2.30. The molecule has 0 saturated heterocycles. The van der Waals surface area contributed by atoms with Crippen molar-refractivity contribution < 1.29 is 0 Å². The summed E-state index contributed by atoms with van der Waals surface area (Å²) in [6.07, 6.45) is 0.927. The van der Waals surface area contributed by atoms with Crippen molar-refractivity contribution in [3.63, 3.8) is 0 Å². The van der Waals surface area contributed by atoms with Gasteiger partial charge in [0.15, 0.2) is 0 Å². The van der Waals surface area contributed by atoms with E-state index in [2.05, 4.69) is 10.3 Å². The standard InChI is InChI=1S/C7H10Cl3N3/c1-3-4-13-6(7(8,9)10)5(2)11-12-13/h3-4H2,1-2H3. The van der Waals surface area contributed by atoms with Gasteiger partial charge in [-0.2, -0.15) is 0 Å².